The molecular formula is C18H28N2O. The maximum Gasteiger partial charge on any atom is 0.220 e. The molecule has 3 nitrogen and oxygen atoms in total. The summed E-state index contributed by atoms with van der Waals surface area (Å²) in [5, 5.41) is 3.09. The molecule has 1 fully saturated rings. The Balaban J connectivity index is 1.76. The van der Waals surface area contributed by atoms with Gasteiger partial charge in [-0.15, -0.1) is 0 Å². The number of carbonyl (C=O) groups excluding carboxylic acids is 1. The van der Waals surface area contributed by atoms with Crippen LogP contribution in [0.25, 0.3) is 0 Å². The highest BCUT2D eigenvalue weighted by molar-refractivity contribution is 5.77. The first kappa shape index (κ1) is 16.0. The van der Waals surface area contributed by atoms with Crippen LogP contribution in [0.3, 0.4) is 0 Å². The highest BCUT2D eigenvalue weighted by Gasteiger charge is 2.24. The van der Waals surface area contributed by atoms with Crippen molar-refractivity contribution in [2.45, 2.75) is 51.0 Å². The van der Waals surface area contributed by atoms with Gasteiger partial charge in [0, 0.05) is 19.0 Å². The fraction of sp³-hybridized carbons (Fsp3) is 0.611. The molecule has 0 aliphatic carbocycles. The van der Waals surface area contributed by atoms with Crippen molar-refractivity contribution in [2.75, 3.05) is 20.1 Å². The molecule has 1 heterocycles. The van der Waals surface area contributed by atoms with E-state index < -0.39 is 0 Å². The molecule has 0 radical (unpaired) electrons. The van der Waals surface area contributed by atoms with Crippen LogP contribution in [0, 0.1) is 0 Å². The zero-order valence-electron chi connectivity index (χ0n) is 13.6. The summed E-state index contributed by atoms with van der Waals surface area (Å²) in [6.45, 7) is 6.25. The van der Waals surface area contributed by atoms with E-state index in [0.717, 1.165) is 13.0 Å². The van der Waals surface area contributed by atoms with Crippen molar-refractivity contribution in [3.05, 3.63) is 35.9 Å². The summed E-state index contributed by atoms with van der Waals surface area (Å²) in [7, 11) is 2.18. The molecular weight excluding hydrogens is 260 g/mol. The van der Waals surface area contributed by atoms with Crippen LogP contribution in [0.1, 0.15) is 45.1 Å². The van der Waals surface area contributed by atoms with Gasteiger partial charge in [-0.25, -0.2) is 0 Å². The van der Waals surface area contributed by atoms with Crippen molar-refractivity contribution < 1.29 is 4.79 Å². The average Bonchev–Trinajstić information content (AvgIpc) is 2.85. The maximum absolute atomic E-state index is 12.2. The van der Waals surface area contributed by atoms with Gasteiger partial charge in [0.05, 0.1) is 0 Å². The van der Waals surface area contributed by atoms with E-state index in [9.17, 15) is 4.79 Å². The van der Waals surface area contributed by atoms with Gasteiger partial charge in [-0.1, -0.05) is 44.2 Å². The van der Waals surface area contributed by atoms with Crippen LogP contribution in [-0.4, -0.2) is 37.0 Å². The molecule has 1 saturated heterocycles. The number of nitrogens with zero attached hydrogens (tertiary/aromatic N) is 1. The summed E-state index contributed by atoms with van der Waals surface area (Å²) < 4.78 is 0. The Morgan fingerprint density at radius 2 is 2.05 bits per heavy atom. The van der Waals surface area contributed by atoms with Crippen LogP contribution in [0.15, 0.2) is 30.3 Å². The van der Waals surface area contributed by atoms with Crippen molar-refractivity contribution in [3.63, 3.8) is 0 Å². The second kappa shape index (κ2) is 7.08. The third-order valence-corrected chi connectivity index (χ3v) is 4.63. The first-order valence-electron chi connectivity index (χ1n) is 8.01. The molecule has 1 amide bonds. The molecule has 1 aromatic rings. The van der Waals surface area contributed by atoms with E-state index in [1.54, 1.807) is 0 Å². The zero-order chi connectivity index (χ0) is 15.3. The van der Waals surface area contributed by atoms with Gasteiger partial charge < -0.3 is 10.2 Å². The predicted octanol–water partition coefficient (Wildman–Crippen LogP) is 2.95. The number of amides is 1. The average molecular weight is 288 g/mol. The van der Waals surface area contributed by atoms with Crippen LogP contribution >= 0.6 is 0 Å². The van der Waals surface area contributed by atoms with Crippen LogP contribution < -0.4 is 5.32 Å². The second-order valence-corrected chi connectivity index (χ2v) is 6.84. The number of rotatable bonds is 6. The predicted molar refractivity (Wildman–Crippen MR) is 87.4 cm³/mol. The largest absolute Gasteiger partial charge is 0.356 e. The monoisotopic (exact) mass is 288 g/mol. The molecule has 1 N–H and O–H groups in total. The molecule has 1 aromatic carbocycles. The fourth-order valence-corrected chi connectivity index (χ4v) is 3.18. The summed E-state index contributed by atoms with van der Waals surface area (Å²) >= 11 is 0. The highest BCUT2D eigenvalue weighted by Crippen LogP contribution is 2.26. The molecule has 1 aliphatic heterocycles. The first-order chi connectivity index (χ1) is 9.99. The van der Waals surface area contributed by atoms with E-state index in [-0.39, 0.29) is 11.3 Å². The molecule has 0 aromatic heterocycles. The Bertz CT molecular complexity index is 456. The van der Waals surface area contributed by atoms with Gasteiger partial charge >= 0.3 is 0 Å². The third-order valence-electron chi connectivity index (χ3n) is 4.63. The number of carbonyl (C=O) groups is 1. The molecule has 116 valence electrons. The fourth-order valence-electron chi connectivity index (χ4n) is 3.18. The van der Waals surface area contributed by atoms with Crippen molar-refractivity contribution in [1.29, 1.82) is 0 Å². The summed E-state index contributed by atoms with van der Waals surface area (Å²) in [5.41, 5.74) is 1.10. The van der Waals surface area contributed by atoms with E-state index in [4.69, 9.17) is 0 Å². The lowest BCUT2D eigenvalue weighted by molar-refractivity contribution is -0.122. The van der Waals surface area contributed by atoms with Gasteiger partial charge in [-0.2, -0.15) is 0 Å². The second-order valence-electron chi connectivity index (χ2n) is 6.84. The summed E-state index contributed by atoms with van der Waals surface area (Å²) in [4.78, 5) is 14.6. The number of nitrogens with one attached hydrogen (secondary N) is 1. The van der Waals surface area contributed by atoms with Gasteiger partial charge in [0.15, 0.2) is 0 Å². The van der Waals surface area contributed by atoms with E-state index in [0.29, 0.717) is 12.5 Å². The van der Waals surface area contributed by atoms with Gasteiger partial charge in [0.2, 0.25) is 5.91 Å². The number of hydrogen-bond donors (Lipinski definition) is 1. The molecule has 3 heteroatoms. The standard InChI is InChI=1S/C18H28N2O/c1-18(2,15-8-5-4-6-9-15)14-17(21)19-12-11-16-10-7-13-20(16)3/h4-6,8-9,16H,7,10-14H2,1-3H3,(H,19,21)/t16-/m0/s1. The Kier molecular flexibility index (Phi) is 5.40. The first-order valence-corrected chi connectivity index (χ1v) is 8.01. The maximum atomic E-state index is 12.2. The van der Waals surface area contributed by atoms with Crippen LogP contribution in [0.5, 0.6) is 0 Å². The van der Waals surface area contributed by atoms with E-state index in [1.165, 1.54) is 24.9 Å². The lowest BCUT2D eigenvalue weighted by Gasteiger charge is -2.25. The topological polar surface area (TPSA) is 32.3 Å². The minimum Gasteiger partial charge on any atom is -0.356 e. The molecule has 1 aliphatic rings. The van der Waals surface area contributed by atoms with Crippen LogP contribution in [0.4, 0.5) is 0 Å². The van der Waals surface area contributed by atoms with Crippen molar-refractivity contribution in [2.24, 2.45) is 0 Å². The summed E-state index contributed by atoms with van der Waals surface area (Å²) in [5.74, 6) is 0.157. The van der Waals surface area contributed by atoms with E-state index in [1.807, 2.05) is 18.2 Å². The molecule has 0 unspecified atom stereocenters. The highest BCUT2D eigenvalue weighted by atomic mass is 16.1. The molecule has 2 rings (SSSR count). The van der Waals surface area contributed by atoms with E-state index in [2.05, 4.69) is 43.2 Å². The Hall–Kier alpha value is -1.35. The van der Waals surface area contributed by atoms with Crippen molar-refractivity contribution in [1.82, 2.24) is 10.2 Å². The lowest BCUT2D eigenvalue weighted by Crippen LogP contribution is -2.34. The quantitative estimate of drug-likeness (QED) is 0.873. The van der Waals surface area contributed by atoms with Gasteiger partial charge in [0.25, 0.3) is 0 Å². The number of benzene rings is 1. The molecule has 0 spiro atoms. The molecule has 0 bridgehead atoms. The molecule has 1 atom stereocenters. The molecule has 21 heavy (non-hydrogen) atoms. The van der Waals surface area contributed by atoms with Crippen LogP contribution in [0.2, 0.25) is 0 Å². The minimum absolute atomic E-state index is 0.116. The third kappa shape index (κ3) is 4.57. The summed E-state index contributed by atoms with van der Waals surface area (Å²) in [6.07, 6.45) is 4.16. The van der Waals surface area contributed by atoms with Crippen molar-refractivity contribution >= 4 is 5.91 Å². The van der Waals surface area contributed by atoms with E-state index >= 15 is 0 Å². The Morgan fingerprint density at radius 3 is 2.67 bits per heavy atom. The normalized spacial score (nSPS) is 19.7. The smallest absolute Gasteiger partial charge is 0.220 e. The SMILES string of the molecule is CN1CCC[C@H]1CCNC(=O)CC(C)(C)c1ccccc1. The summed E-state index contributed by atoms with van der Waals surface area (Å²) in [6, 6.07) is 10.9. The lowest BCUT2D eigenvalue weighted by atomic mass is 9.81. The zero-order valence-corrected chi connectivity index (χ0v) is 13.6. The number of likely N-dealkylation sites (tertiary alicyclic amines) is 1. The van der Waals surface area contributed by atoms with Crippen LogP contribution in [-0.2, 0) is 10.2 Å². The van der Waals surface area contributed by atoms with Crippen molar-refractivity contribution in [3.8, 4) is 0 Å². The number of hydrogen-bond acceptors (Lipinski definition) is 2. The van der Waals surface area contributed by atoms with Gasteiger partial charge in [0.1, 0.15) is 0 Å². The van der Waals surface area contributed by atoms with Gasteiger partial charge in [-0.05, 0) is 43.8 Å². The van der Waals surface area contributed by atoms with Gasteiger partial charge in [-0.3, -0.25) is 4.79 Å². The Labute approximate surface area is 128 Å². The Morgan fingerprint density at radius 1 is 1.33 bits per heavy atom. The minimum atomic E-state index is -0.116. The molecule has 0 saturated carbocycles.